The Hall–Kier alpha value is -2.69. The van der Waals surface area contributed by atoms with Crippen molar-refractivity contribution in [2.24, 2.45) is 5.92 Å². The molecule has 0 aliphatic carbocycles. The Morgan fingerprint density at radius 3 is 2.69 bits per heavy atom. The predicted octanol–water partition coefficient (Wildman–Crippen LogP) is 3.45. The number of benzene rings is 1. The molecule has 26 heavy (non-hydrogen) atoms. The smallest absolute Gasteiger partial charge is 0.276 e. The number of para-hydroxylation sites is 1. The molecule has 136 valence electrons. The first-order valence-electron chi connectivity index (χ1n) is 9.21. The number of pyridine rings is 1. The summed E-state index contributed by atoms with van der Waals surface area (Å²) < 4.78 is 0. The van der Waals surface area contributed by atoms with E-state index in [0.29, 0.717) is 24.7 Å². The summed E-state index contributed by atoms with van der Waals surface area (Å²) in [6.07, 6.45) is 2.82. The third kappa shape index (κ3) is 4.10. The van der Waals surface area contributed by atoms with Gasteiger partial charge in [0.1, 0.15) is 11.4 Å². The Bertz CT molecular complexity index is 801. The number of amides is 2. The Balaban J connectivity index is 1.76. The van der Waals surface area contributed by atoms with Gasteiger partial charge in [0.15, 0.2) is 0 Å². The topological polar surface area (TPSA) is 62.3 Å². The standard InChI is InChI=1S/C21H25N3O2/c1-15(2)12-13-22-20(25)17-9-5-10-18(23-17)21(26)24-14-6-8-16-7-3-4-11-19(16)24/h3-5,7,9-11,15H,6,8,12-14H2,1-2H3,(H,22,25). The van der Waals surface area contributed by atoms with Gasteiger partial charge in [0.05, 0.1) is 0 Å². The van der Waals surface area contributed by atoms with Gasteiger partial charge in [0.2, 0.25) is 0 Å². The maximum atomic E-state index is 13.0. The van der Waals surface area contributed by atoms with E-state index in [1.807, 2.05) is 18.2 Å². The van der Waals surface area contributed by atoms with Crippen LogP contribution in [0.15, 0.2) is 42.5 Å². The Morgan fingerprint density at radius 1 is 1.12 bits per heavy atom. The second kappa shape index (κ2) is 8.13. The summed E-state index contributed by atoms with van der Waals surface area (Å²) in [4.78, 5) is 31.3. The van der Waals surface area contributed by atoms with Gasteiger partial charge in [-0.05, 0) is 48.9 Å². The maximum absolute atomic E-state index is 13.0. The lowest BCUT2D eigenvalue weighted by Gasteiger charge is -2.29. The van der Waals surface area contributed by atoms with Crippen molar-refractivity contribution < 1.29 is 9.59 Å². The Morgan fingerprint density at radius 2 is 1.88 bits per heavy atom. The Kier molecular flexibility index (Phi) is 5.66. The van der Waals surface area contributed by atoms with E-state index in [4.69, 9.17) is 0 Å². The highest BCUT2D eigenvalue weighted by Crippen LogP contribution is 2.27. The van der Waals surface area contributed by atoms with Crippen molar-refractivity contribution >= 4 is 17.5 Å². The molecule has 0 radical (unpaired) electrons. The van der Waals surface area contributed by atoms with Crippen LogP contribution in [-0.2, 0) is 6.42 Å². The van der Waals surface area contributed by atoms with E-state index in [1.54, 1.807) is 23.1 Å². The van der Waals surface area contributed by atoms with Crippen LogP contribution in [0.1, 0.15) is 53.2 Å². The quantitative estimate of drug-likeness (QED) is 0.897. The molecule has 0 fully saturated rings. The van der Waals surface area contributed by atoms with Crippen LogP contribution in [0.5, 0.6) is 0 Å². The van der Waals surface area contributed by atoms with E-state index in [2.05, 4.69) is 30.2 Å². The van der Waals surface area contributed by atoms with Crippen molar-refractivity contribution in [1.82, 2.24) is 10.3 Å². The van der Waals surface area contributed by atoms with E-state index in [1.165, 1.54) is 5.56 Å². The number of nitrogens with one attached hydrogen (secondary N) is 1. The molecule has 0 bridgehead atoms. The van der Waals surface area contributed by atoms with E-state index in [0.717, 1.165) is 24.9 Å². The van der Waals surface area contributed by atoms with Crippen LogP contribution in [0, 0.1) is 5.92 Å². The van der Waals surface area contributed by atoms with Gasteiger partial charge in [-0.2, -0.15) is 0 Å². The third-order valence-corrected chi connectivity index (χ3v) is 4.56. The molecule has 0 atom stereocenters. The average molecular weight is 351 g/mol. The van der Waals surface area contributed by atoms with E-state index < -0.39 is 0 Å². The van der Waals surface area contributed by atoms with Crippen LogP contribution < -0.4 is 10.2 Å². The van der Waals surface area contributed by atoms with Gasteiger partial charge < -0.3 is 10.2 Å². The number of hydrogen-bond donors (Lipinski definition) is 1. The summed E-state index contributed by atoms with van der Waals surface area (Å²) in [7, 11) is 0. The van der Waals surface area contributed by atoms with Crippen LogP contribution in [0.4, 0.5) is 5.69 Å². The first-order chi connectivity index (χ1) is 12.6. The molecule has 1 aliphatic heterocycles. The van der Waals surface area contributed by atoms with Crippen LogP contribution in [0.3, 0.4) is 0 Å². The highest BCUT2D eigenvalue weighted by atomic mass is 16.2. The van der Waals surface area contributed by atoms with Gasteiger partial charge in [0.25, 0.3) is 11.8 Å². The molecule has 0 spiro atoms. The zero-order valence-electron chi connectivity index (χ0n) is 15.4. The van der Waals surface area contributed by atoms with Crippen molar-refractivity contribution in [3.63, 3.8) is 0 Å². The fourth-order valence-electron chi connectivity index (χ4n) is 3.13. The highest BCUT2D eigenvalue weighted by molar-refractivity contribution is 6.06. The summed E-state index contributed by atoms with van der Waals surface area (Å²) in [5.41, 5.74) is 2.70. The number of anilines is 1. The van der Waals surface area contributed by atoms with Crippen LogP contribution >= 0.6 is 0 Å². The monoisotopic (exact) mass is 351 g/mol. The second-order valence-corrected chi connectivity index (χ2v) is 7.04. The summed E-state index contributed by atoms with van der Waals surface area (Å²) in [5.74, 6) is 0.128. The molecule has 0 unspecified atom stereocenters. The van der Waals surface area contributed by atoms with Gasteiger partial charge in [-0.15, -0.1) is 0 Å². The molecule has 2 aromatic rings. The molecule has 5 heteroatoms. The van der Waals surface area contributed by atoms with Crippen molar-refractivity contribution in [2.75, 3.05) is 18.0 Å². The van der Waals surface area contributed by atoms with Gasteiger partial charge >= 0.3 is 0 Å². The third-order valence-electron chi connectivity index (χ3n) is 4.56. The van der Waals surface area contributed by atoms with Gasteiger partial charge in [-0.1, -0.05) is 38.1 Å². The first-order valence-corrected chi connectivity index (χ1v) is 9.21. The SMILES string of the molecule is CC(C)CCNC(=O)c1cccc(C(=O)N2CCCc3ccccc32)n1. The van der Waals surface area contributed by atoms with Gasteiger partial charge in [-0.25, -0.2) is 4.98 Å². The number of hydrogen-bond acceptors (Lipinski definition) is 3. The molecular formula is C21H25N3O2. The lowest BCUT2D eigenvalue weighted by atomic mass is 10.0. The molecule has 0 saturated heterocycles. The van der Waals surface area contributed by atoms with E-state index >= 15 is 0 Å². The average Bonchev–Trinajstić information content (AvgIpc) is 2.66. The zero-order valence-corrected chi connectivity index (χ0v) is 15.4. The molecule has 1 N–H and O–H groups in total. The molecule has 0 saturated carbocycles. The highest BCUT2D eigenvalue weighted by Gasteiger charge is 2.24. The molecule has 1 aromatic heterocycles. The molecule has 3 rings (SSSR count). The largest absolute Gasteiger partial charge is 0.351 e. The first kappa shape index (κ1) is 18.1. The van der Waals surface area contributed by atoms with E-state index in [9.17, 15) is 9.59 Å². The van der Waals surface area contributed by atoms with Crippen molar-refractivity contribution in [2.45, 2.75) is 33.1 Å². The minimum Gasteiger partial charge on any atom is -0.351 e. The lowest BCUT2D eigenvalue weighted by Crippen LogP contribution is -2.36. The van der Waals surface area contributed by atoms with Crippen LogP contribution in [0.2, 0.25) is 0 Å². The number of aryl methyl sites for hydroxylation is 1. The van der Waals surface area contributed by atoms with Crippen molar-refractivity contribution in [3.8, 4) is 0 Å². The fraction of sp³-hybridized carbons (Fsp3) is 0.381. The summed E-state index contributed by atoms with van der Waals surface area (Å²) >= 11 is 0. The van der Waals surface area contributed by atoms with E-state index in [-0.39, 0.29) is 17.5 Å². The Labute approximate surface area is 154 Å². The molecule has 1 aromatic carbocycles. The van der Waals surface area contributed by atoms with Gasteiger partial charge in [-0.3, -0.25) is 9.59 Å². The molecule has 2 amide bonds. The molecule has 2 heterocycles. The number of carbonyl (C=O) groups excluding carboxylic acids is 2. The maximum Gasteiger partial charge on any atom is 0.276 e. The number of aromatic nitrogens is 1. The molecule has 5 nitrogen and oxygen atoms in total. The number of nitrogens with zero attached hydrogens (tertiary/aromatic N) is 2. The zero-order chi connectivity index (χ0) is 18.5. The summed E-state index contributed by atoms with van der Waals surface area (Å²) in [6, 6.07) is 13.0. The van der Waals surface area contributed by atoms with Crippen molar-refractivity contribution in [3.05, 3.63) is 59.4 Å². The summed E-state index contributed by atoms with van der Waals surface area (Å²) in [6.45, 7) is 5.50. The molecular weight excluding hydrogens is 326 g/mol. The normalized spacial score (nSPS) is 13.4. The van der Waals surface area contributed by atoms with Crippen LogP contribution in [0.25, 0.3) is 0 Å². The van der Waals surface area contributed by atoms with Crippen LogP contribution in [-0.4, -0.2) is 29.9 Å². The second-order valence-electron chi connectivity index (χ2n) is 7.04. The lowest BCUT2D eigenvalue weighted by molar-refractivity contribution is 0.0946. The summed E-state index contributed by atoms with van der Waals surface area (Å²) in [5, 5.41) is 2.87. The molecule has 1 aliphatic rings. The van der Waals surface area contributed by atoms with Gasteiger partial charge in [0, 0.05) is 18.8 Å². The number of carbonyl (C=O) groups is 2. The minimum atomic E-state index is -0.237. The number of fused-ring (bicyclic) bond motifs is 1. The predicted molar refractivity (Wildman–Crippen MR) is 102 cm³/mol. The number of rotatable bonds is 5. The van der Waals surface area contributed by atoms with Crippen molar-refractivity contribution in [1.29, 1.82) is 0 Å². The fourth-order valence-corrected chi connectivity index (χ4v) is 3.13. The minimum absolute atomic E-state index is 0.158.